The average molecular weight is 175 g/mol. The van der Waals surface area contributed by atoms with Gasteiger partial charge in [-0.3, -0.25) is 9.78 Å². The van der Waals surface area contributed by atoms with Crippen molar-refractivity contribution >= 4 is 11.2 Å². The maximum atomic E-state index is 11.2. The highest BCUT2D eigenvalue weighted by molar-refractivity contribution is 5.69. The van der Waals surface area contributed by atoms with Crippen LogP contribution in [0.1, 0.15) is 11.3 Å². The molecule has 0 amide bonds. The van der Waals surface area contributed by atoms with Crippen molar-refractivity contribution in [2.45, 2.75) is 13.8 Å². The molecule has 2 aromatic rings. The van der Waals surface area contributed by atoms with Crippen molar-refractivity contribution in [1.82, 2.24) is 15.0 Å². The molecule has 0 bridgehead atoms. The van der Waals surface area contributed by atoms with Gasteiger partial charge in [0.05, 0.1) is 5.69 Å². The molecule has 0 aliphatic heterocycles. The molecule has 13 heavy (non-hydrogen) atoms. The summed E-state index contributed by atoms with van der Waals surface area (Å²) in [7, 11) is 0. The lowest BCUT2D eigenvalue weighted by atomic mass is 10.3. The fourth-order valence-corrected chi connectivity index (χ4v) is 1.16. The van der Waals surface area contributed by atoms with Crippen molar-refractivity contribution in [2.24, 2.45) is 0 Å². The van der Waals surface area contributed by atoms with Gasteiger partial charge in [0.25, 0.3) is 5.56 Å². The predicted molar refractivity (Wildman–Crippen MR) is 49.6 cm³/mol. The topological polar surface area (TPSA) is 58.6 Å². The molecule has 66 valence electrons. The molecule has 2 rings (SSSR count). The van der Waals surface area contributed by atoms with Crippen LogP contribution in [0.5, 0.6) is 0 Å². The standard InChI is InChI=1S/C9H9N3O/c1-5-3-7-8(12-9(5)13)11-6(2)4-10-7/h3-4H,1-2H3,(H,11,12,13). The lowest BCUT2D eigenvalue weighted by Gasteiger charge is -1.98. The zero-order valence-electron chi connectivity index (χ0n) is 7.46. The van der Waals surface area contributed by atoms with Crippen molar-refractivity contribution in [3.05, 3.63) is 33.9 Å². The van der Waals surface area contributed by atoms with Crippen LogP contribution in [-0.4, -0.2) is 15.0 Å². The highest BCUT2D eigenvalue weighted by Gasteiger charge is 2.00. The number of aromatic nitrogens is 3. The van der Waals surface area contributed by atoms with E-state index in [9.17, 15) is 4.79 Å². The number of nitrogens with one attached hydrogen (secondary N) is 1. The van der Waals surface area contributed by atoms with Crippen molar-refractivity contribution in [3.63, 3.8) is 0 Å². The summed E-state index contributed by atoms with van der Waals surface area (Å²) in [5.41, 5.74) is 2.63. The predicted octanol–water partition coefficient (Wildman–Crippen LogP) is 0.935. The lowest BCUT2D eigenvalue weighted by Crippen LogP contribution is -2.10. The number of rotatable bonds is 0. The molecule has 0 aliphatic rings. The Balaban J connectivity index is 2.89. The molecular formula is C9H9N3O. The molecule has 0 radical (unpaired) electrons. The van der Waals surface area contributed by atoms with Gasteiger partial charge in [-0.2, -0.15) is 0 Å². The fraction of sp³-hybridized carbons (Fsp3) is 0.222. The Morgan fingerprint density at radius 3 is 2.92 bits per heavy atom. The Labute approximate surface area is 74.7 Å². The molecule has 1 N–H and O–H groups in total. The molecule has 2 heterocycles. The molecule has 0 spiro atoms. The third-order valence-corrected chi connectivity index (χ3v) is 1.86. The van der Waals surface area contributed by atoms with Crippen LogP contribution in [0.25, 0.3) is 11.2 Å². The minimum Gasteiger partial charge on any atom is -0.305 e. The van der Waals surface area contributed by atoms with Crippen molar-refractivity contribution < 1.29 is 0 Å². The summed E-state index contributed by atoms with van der Waals surface area (Å²) < 4.78 is 0. The number of aromatic amines is 1. The van der Waals surface area contributed by atoms with Crippen LogP contribution in [0, 0.1) is 13.8 Å². The first kappa shape index (κ1) is 7.91. The monoisotopic (exact) mass is 175 g/mol. The number of hydrogen-bond donors (Lipinski definition) is 1. The van der Waals surface area contributed by atoms with E-state index in [1.54, 1.807) is 19.2 Å². The van der Waals surface area contributed by atoms with E-state index in [1.807, 2.05) is 6.92 Å². The number of aryl methyl sites for hydroxylation is 2. The van der Waals surface area contributed by atoms with Gasteiger partial charge in [0.2, 0.25) is 0 Å². The van der Waals surface area contributed by atoms with E-state index in [0.717, 1.165) is 11.2 Å². The number of pyridine rings is 1. The summed E-state index contributed by atoms with van der Waals surface area (Å²) >= 11 is 0. The highest BCUT2D eigenvalue weighted by Crippen LogP contribution is 2.04. The first-order valence-electron chi connectivity index (χ1n) is 4.00. The minimum atomic E-state index is -0.104. The number of fused-ring (bicyclic) bond motifs is 1. The van der Waals surface area contributed by atoms with Crippen molar-refractivity contribution in [2.75, 3.05) is 0 Å². The van der Waals surface area contributed by atoms with E-state index < -0.39 is 0 Å². The third kappa shape index (κ3) is 1.30. The molecular weight excluding hydrogens is 166 g/mol. The Hall–Kier alpha value is -1.71. The van der Waals surface area contributed by atoms with Crippen LogP contribution in [0.4, 0.5) is 0 Å². The Bertz CT molecular complexity index is 516. The Kier molecular flexibility index (Phi) is 1.62. The second-order valence-electron chi connectivity index (χ2n) is 3.03. The van der Waals surface area contributed by atoms with Crippen molar-refractivity contribution in [3.8, 4) is 0 Å². The van der Waals surface area contributed by atoms with Crippen LogP contribution in [0.3, 0.4) is 0 Å². The largest absolute Gasteiger partial charge is 0.305 e. The summed E-state index contributed by atoms with van der Waals surface area (Å²) in [5, 5.41) is 0. The van der Waals surface area contributed by atoms with Gasteiger partial charge in [-0.05, 0) is 19.9 Å². The van der Waals surface area contributed by atoms with E-state index in [2.05, 4.69) is 15.0 Å². The van der Waals surface area contributed by atoms with E-state index in [0.29, 0.717) is 11.2 Å². The fourth-order valence-electron chi connectivity index (χ4n) is 1.16. The normalized spacial score (nSPS) is 10.6. The zero-order chi connectivity index (χ0) is 9.42. The lowest BCUT2D eigenvalue weighted by molar-refractivity contribution is 1.11. The summed E-state index contributed by atoms with van der Waals surface area (Å²) in [5.74, 6) is 0. The molecule has 0 fully saturated rings. The molecule has 0 atom stereocenters. The van der Waals surface area contributed by atoms with Gasteiger partial charge < -0.3 is 4.98 Å². The second kappa shape index (κ2) is 2.65. The summed E-state index contributed by atoms with van der Waals surface area (Å²) in [4.78, 5) is 22.2. The molecule has 4 heteroatoms. The molecule has 4 nitrogen and oxygen atoms in total. The maximum absolute atomic E-state index is 11.2. The first-order chi connectivity index (χ1) is 6.16. The van der Waals surface area contributed by atoms with E-state index >= 15 is 0 Å². The number of nitrogens with zero attached hydrogens (tertiary/aromatic N) is 2. The summed E-state index contributed by atoms with van der Waals surface area (Å²) in [6.45, 7) is 3.59. The van der Waals surface area contributed by atoms with Gasteiger partial charge in [0, 0.05) is 11.8 Å². The number of hydrogen-bond acceptors (Lipinski definition) is 3. The molecule has 0 saturated heterocycles. The maximum Gasteiger partial charge on any atom is 0.252 e. The SMILES string of the molecule is Cc1cnc2cc(C)c(=O)[nH]c2n1. The molecule has 2 aromatic heterocycles. The first-order valence-corrected chi connectivity index (χ1v) is 4.00. The third-order valence-electron chi connectivity index (χ3n) is 1.86. The van der Waals surface area contributed by atoms with Crippen molar-refractivity contribution in [1.29, 1.82) is 0 Å². The second-order valence-corrected chi connectivity index (χ2v) is 3.03. The van der Waals surface area contributed by atoms with E-state index in [-0.39, 0.29) is 5.56 Å². The van der Waals surface area contributed by atoms with Crippen LogP contribution in [0.2, 0.25) is 0 Å². The van der Waals surface area contributed by atoms with Crippen LogP contribution >= 0.6 is 0 Å². The zero-order valence-corrected chi connectivity index (χ0v) is 7.46. The summed E-state index contributed by atoms with van der Waals surface area (Å²) in [6, 6.07) is 1.74. The Morgan fingerprint density at radius 2 is 2.15 bits per heavy atom. The highest BCUT2D eigenvalue weighted by atomic mass is 16.1. The van der Waals surface area contributed by atoms with Gasteiger partial charge in [-0.15, -0.1) is 0 Å². The van der Waals surface area contributed by atoms with Gasteiger partial charge in [-0.25, -0.2) is 4.98 Å². The van der Waals surface area contributed by atoms with Crippen LogP contribution in [-0.2, 0) is 0 Å². The van der Waals surface area contributed by atoms with Gasteiger partial charge in [-0.1, -0.05) is 0 Å². The Morgan fingerprint density at radius 1 is 1.38 bits per heavy atom. The van der Waals surface area contributed by atoms with Crippen LogP contribution < -0.4 is 5.56 Å². The van der Waals surface area contributed by atoms with E-state index in [4.69, 9.17) is 0 Å². The van der Waals surface area contributed by atoms with Gasteiger partial charge in [0.1, 0.15) is 5.52 Å². The molecule has 0 saturated carbocycles. The van der Waals surface area contributed by atoms with Gasteiger partial charge >= 0.3 is 0 Å². The van der Waals surface area contributed by atoms with E-state index in [1.165, 1.54) is 0 Å². The molecule has 0 unspecified atom stereocenters. The van der Waals surface area contributed by atoms with Crippen LogP contribution in [0.15, 0.2) is 17.1 Å². The molecule has 0 aliphatic carbocycles. The smallest absolute Gasteiger partial charge is 0.252 e. The van der Waals surface area contributed by atoms with Gasteiger partial charge in [0.15, 0.2) is 5.65 Å². The number of H-pyrrole nitrogens is 1. The molecule has 0 aromatic carbocycles. The quantitative estimate of drug-likeness (QED) is 0.648. The summed E-state index contributed by atoms with van der Waals surface area (Å²) in [6.07, 6.45) is 1.68. The minimum absolute atomic E-state index is 0.104. The average Bonchev–Trinajstić information content (AvgIpc) is 2.08.